The van der Waals surface area contributed by atoms with Gasteiger partial charge in [-0.1, -0.05) is 13.0 Å². The second-order valence-corrected chi connectivity index (χ2v) is 5.00. The molecule has 1 rings (SSSR count). The molecule has 0 amide bonds. The quantitative estimate of drug-likeness (QED) is 0.772. The summed E-state index contributed by atoms with van der Waals surface area (Å²) in [5, 5.41) is 19.8. The zero-order chi connectivity index (χ0) is 11.4. The van der Waals surface area contributed by atoms with Crippen LogP contribution in [0.1, 0.15) is 32.4 Å². The molecule has 4 heteroatoms. The van der Waals surface area contributed by atoms with Gasteiger partial charge in [-0.15, -0.1) is 11.8 Å². The second kappa shape index (κ2) is 5.49. The summed E-state index contributed by atoms with van der Waals surface area (Å²) < 4.78 is 0. The maximum Gasteiger partial charge on any atom is 0.102 e. The monoisotopic (exact) mass is 227 g/mol. The minimum Gasteiger partial charge on any atom is -0.392 e. The van der Waals surface area contributed by atoms with Crippen LogP contribution in [0.25, 0.3) is 0 Å². The predicted molar refractivity (Wildman–Crippen MR) is 61.9 cm³/mol. The van der Waals surface area contributed by atoms with E-state index in [0.717, 1.165) is 10.6 Å². The first kappa shape index (κ1) is 12.5. The van der Waals surface area contributed by atoms with Crippen molar-refractivity contribution < 1.29 is 10.2 Å². The zero-order valence-corrected chi connectivity index (χ0v) is 10.0. The van der Waals surface area contributed by atoms with Gasteiger partial charge in [-0.25, -0.2) is 4.98 Å². The van der Waals surface area contributed by atoms with Crippen LogP contribution in [-0.4, -0.2) is 26.6 Å². The maximum absolute atomic E-state index is 9.54. The van der Waals surface area contributed by atoms with E-state index < -0.39 is 6.10 Å². The smallest absolute Gasteiger partial charge is 0.102 e. The Bertz CT molecular complexity index is 315. The van der Waals surface area contributed by atoms with E-state index in [1.54, 1.807) is 26.1 Å². The van der Waals surface area contributed by atoms with Gasteiger partial charge in [-0.3, -0.25) is 0 Å². The van der Waals surface area contributed by atoms with Gasteiger partial charge < -0.3 is 10.2 Å². The van der Waals surface area contributed by atoms with Crippen molar-refractivity contribution in [2.24, 2.45) is 0 Å². The summed E-state index contributed by atoms with van der Waals surface area (Å²) in [6, 6.07) is 3.66. The van der Waals surface area contributed by atoms with Crippen molar-refractivity contribution in [3.05, 3.63) is 23.9 Å². The van der Waals surface area contributed by atoms with Crippen LogP contribution in [0, 0.1) is 0 Å². The van der Waals surface area contributed by atoms with E-state index in [-0.39, 0.29) is 11.4 Å². The summed E-state index contributed by atoms with van der Waals surface area (Å²) in [6.07, 6.45) is 0.782. The number of hydrogen-bond donors (Lipinski definition) is 2. The van der Waals surface area contributed by atoms with Crippen LogP contribution in [0.15, 0.2) is 23.4 Å². The molecule has 2 N–H and O–H groups in total. The SMILES string of the molecule is CC(O)c1cccnc1SC(C)C(C)O. The van der Waals surface area contributed by atoms with Gasteiger partial charge >= 0.3 is 0 Å². The lowest BCUT2D eigenvalue weighted by molar-refractivity contribution is 0.193. The second-order valence-electron chi connectivity index (χ2n) is 3.64. The lowest BCUT2D eigenvalue weighted by Gasteiger charge is -2.16. The highest BCUT2D eigenvalue weighted by Crippen LogP contribution is 2.29. The first-order valence-corrected chi connectivity index (χ1v) is 5.88. The summed E-state index contributed by atoms with van der Waals surface area (Å²) in [7, 11) is 0. The molecule has 0 spiro atoms. The fourth-order valence-electron chi connectivity index (χ4n) is 1.09. The van der Waals surface area contributed by atoms with Crippen LogP contribution in [0.4, 0.5) is 0 Å². The van der Waals surface area contributed by atoms with Crippen LogP contribution in [0.2, 0.25) is 0 Å². The third-order valence-electron chi connectivity index (χ3n) is 2.23. The first-order chi connectivity index (χ1) is 7.02. The van der Waals surface area contributed by atoms with E-state index in [1.807, 2.05) is 13.0 Å². The lowest BCUT2D eigenvalue weighted by atomic mass is 10.2. The Labute approximate surface area is 94.6 Å². The Balaban J connectivity index is 2.84. The standard InChI is InChI=1S/C11H17NO2S/c1-7(13)9(3)15-11-10(8(2)14)5-4-6-12-11/h4-9,13-14H,1-3H3. The molecule has 0 aliphatic heterocycles. The number of nitrogens with zero attached hydrogens (tertiary/aromatic N) is 1. The van der Waals surface area contributed by atoms with Crippen molar-refractivity contribution in [3.8, 4) is 0 Å². The van der Waals surface area contributed by atoms with Crippen LogP contribution in [-0.2, 0) is 0 Å². The average molecular weight is 227 g/mol. The molecule has 0 aliphatic carbocycles. The Morgan fingerprint density at radius 3 is 2.47 bits per heavy atom. The van der Waals surface area contributed by atoms with Crippen LogP contribution >= 0.6 is 11.8 Å². The molecule has 1 aromatic rings. The maximum atomic E-state index is 9.54. The highest BCUT2D eigenvalue weighted by Gasteiger charge is 2.15. The molecule has 0 aromatic carbocycles. The molecular formula is C11H17NO2S. The number of thioether (sulfide) groups is 1. The number of pyridine rings is 1. The third kappa shape index (κ3) is 3.48. The highest BCUT2D eigenvalue weighted by molar-refractivity contribution is 7.99. The van der Waals surface area contributed by atoms with Gasteiger partial charge in [0.2, 0.25) is 0 Å². The van der Waals surface area contributed by atoms with Crippen LogP contribution in [0.3, 0.4) is 0 Å². The molecule has 0 saturated heterocycles. The van der Waals surface area contributed by atoms with Crippen LogP contribution < -0.4 is 0 Å². The van der Waals surface area contributed by atoms with Gasteiger partial charge in [-0.05, 0) is 19.9 Å². The van der Waals surface area contributed by atoms with Gasteiger partial charge in [0.15, 0.2) is 0 Å². The molecule has 0 bridgehead atoms. The van der Waals surface area contributed by atoms with Gasteiger partial charge in [0, 0.05) is 17.0 Å². The van der Waals surface area contributed by atoms with Crippen molar-refractivity contribution in [3.63, 3.8) is 0 Å². The van der Waals surface area contributed by atoms with E-state index in [2.05, 4.69) is 4.98 Å². The third-order valence-corrected chi connectivity index (χ3v) is 3.56. The summed E-state index contributed by atoms with van der Waals surface area (Å²) in [4.78, 5) is 4.21. The summed E-state index contributed by atoms with van der Waals surface area (Å²) in [5.74, 6) is 0. The summed E-state index contributed by atoms with van der Waals surface area (Å²) >= 11 is 1.49. The molecule has 0 saturated carbocycles. The molecule has 84 valence electrons. The molecule has 3 nitrogen and oxygen atoms in total. The Morgan fingerprint density at radius 2 is 1.93 bits per heavy atom. The zero-order valence-electron chi connectivity index (χ0n) is 9.21. The van der Waals surface area contributed by atoms with Crippen molar-refractivity contribution in [2.45, 2.75) is 43.3 Å². The molecular weight excluding hydrogens is 210 g/mol. The molecule has 0 aliphatic rings. The van der Waals surface area contributed by atoms with E-state index in [1.165, 1.54) is 11.8 Å². The highest BCUT2D eigenvalue weighted by atomic mass is 32.2. The summed E-state index contributed by atoms with van der Waals surface area (Å²) in [5.41, 5.74) is 0.815. The van der Waals surface area contributed by atoms with Gasteiger partial charge in [0.05, 0.1) is 12.2 Å². The van der Waals surface area contributed by atoms with E-state index in [4.69, 9.17) is 0 Å². The van der Waals surface area contributed by atoms with E-state index >= 15 is 0 Å². The first-order valence-electron chi connectivity index (χ1n) is 5.00. The van der Waals surface area contributed by atoms with Gasteiger partial charge in [0.1, 0.15) is 5.03 Å². The molecule has 1 heterocycles. The normalized spacial score (nSPS) is 17.1. The Kier molecular flexibility index (Phi) is 4.57. The van der Waals surface area contributed by atoms with Crippen molar-refractivity contribution >= 4 is 11.8 Å². The predicted octanol–water partition coefficient (Wildman–Crippen LogP) is 2.00. The molecule has 15 heavy (non-hydrogen) atoms. The van der Waals surface area contributed by atoms with Crippen molar-refractivity contribution in [1.29, 1.82) is 0 Å². The number of aromatic nitrogens is 1. The molecule has 0 radical (unpaired) electrons. The number of aliphatic hydroxyl groups is 2. The number of rotatable bonds is 4. The van der Waals surface area contributed by atoms with Crippen molar-refractivity contribution in [2.75, 3.05) is 0 Å². The minimum atomic E-state index is -0.526. The molecule has 3 atom stereocenters. The van der Waals surface area contributed by atoms with Crippen molar-refractivity contribution in [1.82, 2.24) is 4.98 Å². The fourth-order valence-corrected chi connectivity index (χ4v) is 2.14. The van der Waals surface area contributed by atoms with E-state index in [0.29, 0.717) is 0 Å². The van der Waals surface area contributed by atoms with Crippen LogP contribution in [0.5, 0.6) is 0 Å². The Morgan fingerprint density at radius 1 is 1.27 bits per heavy atom. The lowest BCUT2D eigenvalue weighted by Crippen LogP contribution is -2.15. The van der Waals surface area contributed by atoms with Gasteiger partial charge in [0.25, 0.3) is 0 Å². The van der Waals surface area contributed by atoms with Gasteiger partial charge in [-0.2, -0.15) is 0 Å². The number of hydrogen-bond acceptors (Lipinski definition) is 4. The topological polar surface area (TPSA) is 53.4 Å². The molecule has 3 unspecified atom stereocenters. The molecule has 1 aromatic heterocycles. The summed E-state index contributed by atoms with van der Waals surface area (Å²) in [6.45, 7) is 5.41. The minimum absolute atomic E-state index is 0.0670. The largest absolute Gasteiger partial charge is 0.392 e. The number of aliphatic hydroxyl groups excluding tert-OH is 2. The van der Waals surface area contributed by atoms with E-state index in [9.17, 15) is 10.2 Å². The fraction of sp³-hybridized carbons (Fsp3) is 0.545. The average Bonchev–Trinajstić information content (AvgIpc) is 2.18. The Hall–Kier alpha value is -0.580. The molecule has 0 fully saturated rings.